The Hall–Kier alpha value is -2.66. The molecular formula is C20H22ClN5. The highest BCUT2D eigenvalue weighted by Gasteiger charge is 2.09. The molecule has 0 bridgehead atoms. The van der Waals surface area contributed by atoms with Gasteiger partial charge in [0.2, 0.25) is 5.95 Å². The number of aromatic nitrogens is 3. The number of benzene rings is 1. The van der Waals surface area contributed by atoms with Crippen molar-refractivity contribution in [2.75, 3.05) is 23.8 Å². The Kier molecular flexibility index (Phi) is 5.68. The Labute approximate surface area is 159 Å². The van der Waals surface area contributed by atoms with Crippen molar-refractivity contribution < 1.29 is 0 Å². The van der Waals surface area contributed by atoms with Crippen molar-refractivity contribution in [2.45, 2.75) is 20.3 Å². The zero-order valence-corrected chi connectivity index (χ0v) is 16.0. The molecule has 5 nitrogen and oxygen atoms in total. The summed E-state index contributed by atoms with van der Waals surface area (Å²) in [7, 11) is 1.99. The molecule has 0 fully saturated rings. The Balaban J connectivity index is 1.72. The molecular weight excluding hydrogens is 346 g/mol. The van der Waals surface area contributed by atoms with E-state index < -0.39 is 0 Å². The summed E-state index contributed by atoms with van der Waals surface area (Å²) in [5.74, 6) is 1.39. The van der Waals surface area contributed by atoms with E-state index in [9.17, 15) is 0 Å². The van der Waals surface area contributed by atoms with Crippen LogP contribution in [0.5, 0.6) is 0 Å². The number of nitrogens with one attached hydrogen (secondary N) is 1. The van der Waals surface area contributed by atoms with E-state index in [1.807, 2.05) is 62.5 Å². The normalized spacial score (nSPS) is 10.6. The first kappa shape index (κ1) is 18.1. The topological polar surface area (TPSA) is 53.9 Å². The molecule has 0 atom stereocenters. The highest BCUT2D eigenvalue weighted by atomic mass is 35.5. The van der Waals surface area contributed by atoms with E-state index in [2.05, 4.69) is 26.3 Å². The van der Waals surface area contributed by atoms with Gasteiger partial charge in [0.15, 0.2) is 0 Å². The minimum absolute atomic E-state index is 0.671. The number of pyridine rings is 1. The predicted molar refractivity (Wildman–Crippen MR) is 107 cm³/mol. The van der Waals surface area contributed by atoms with Crippen molar-refractivity contribution >= 4 is 29.1 Å². The highest BCUT2D eigenvalue weighted by Crippen LogP contribution is 2.29. The average molecular weight is 368 g/mol. The highest BCUT2D eigenvalue weighted by molar-refractivity contribution is 6.33. The average Bonchev–Trinajstić information content (AvgIpc) is 2.64. The van der Waals surface area contributed by atoms with Crippen LogP contribution in [0.15, 0.2) is 48.9 Å². The van der Waals surface area contributed by atoms with E-state index >= 15 is 0 Å². The molecule has 1 N–H and O–H groups in total. The first-order valence-corrected chi connectivity index (χ1v) is 8.87. The first-order chi connectivity index (χ1) is 12.5. The molecule has 3 rings (SSSR count). The number of nitrogens with zero attached hydrogens (tertiary/aromatic N) is 4. The van der Waals surface area contributed by atoms with Crippen LogP contribution in [-0.4, -0.2) is 28.5 Å². The predicted octanol–water partition coefficient (Wildman–Crippen LogP) is 4.56. The largest absolute Gasteiger partial charge is 0.343 e. The molecule has 2 heterocycles. The molecule has 26 heavy (non-hydrogen) atoms. The van der Waals surface area contributed by atoms with Crippen molar-refractivity contribution in [3.63, 3.8) is 0 Å². The van der Waals surface area contributed by atoms with Crippen molar-refractivity contribution in [2.24, 2.45) is 0 Å². The summed E-state index contributed by atoms with van der Waals surface area (Å²) in [4.78, 5) is 15.1. The maximum atomic E-state index is 6.38. The zero-order chi connectivity index (χ0) is 18.5. The van der Waals surface area contributed by atoms with Gasteiger partial charge >= 0.3 is 0 Å². The van der Waals surface area contributed by atoms with Crippen LogP contribution in [0.3, 0.4) is 0 Å². The molecule has 0 amide bonds. The minimum Gasteiger partial charge on any atom is -0.343 e. The van der Waals surface area contributed by atoms with Crippen LogP contribution in [0.1, 0.15) is 16.7 Å². The molecule has 0 spiro atoms. The van der Waals surface area contributed by atoms with Crippen LogP contribution in [0.2, 0.25) is 5.02 Å². The maximum absolute atomic E-state index is 6.38. The third-order valence-electron chi connectivity index (χ3n) is 4.15. The number of rotatable bonds is 6. The van der Waals surface area contributed by atoms with Gasteiger partial charge in [-0.3, -0.25) is 4.98 Å². The second kappa shape index (κ2) is 8.15. The zero-order valence-electron chi connectivity index (χ0n) is 15.2. The molecule has 2 aromatic heterocycles. The van der Waals surface area contributed by atoms with Gasteiger partial charge in [-0.05, 0) is 61.2 Å². The number of hydrogen-bond acceptors (Lipinski definition) is 5. The van der Waals surface area contributed by atoms with Gasteiger partial charge in [0.25, 0.3) is 0 Å². The van der Waals surface area contributed by atoms with Gasteiger partial charge in [0.05, 0.1) is 10.7 Å². The smallest absolute Gasteiger partial charge is 0.227 e. The lowest BCUT2D eigenvalue weighted by atomic mass is 10.1. The summed E-state index contributed by atoms with van der Waals surface area (Å²) >= 11 is 6.38. The van der Waals surface area contributed by atoms with Crippen molar-refractivity contribution in [1.29, 1.82) is 0 Å². The summed E-state index contributed by atoms with van der Waals surface area (Å²) in [5.41, 5.74) is 4.34. The van der Waals surface area contributed by atoms with Crippen molar-refractivity contribution in [3.05, 3.63) is 70.6 Å². The Morgan fingerprint density at radius 1 is 1.08 bits per heavy atom. The first-order valence-electron chi connectivity index (χ1n) is 8.50. The lowest BCUT2D eigenvalue weighted by Crippen LogP contribution is -2.22. The number of likely N-dealkylation sites (N-methyl/N-ethyl adjacent to an activating group) is 1. The molecule has 0 saturated heterocycles. The van der Waals surface area contributed by atoms with E-state index in [1.54, 1.807) is 6.20 Å². The minimum atomic E-state index is 0.671. The maximum Gasteiger partial charge on any atom is 0.227 e. The van der Waals surface area contributed by atoms with Gasteiger partial charge in [-0.1, -0.05) is 17.7 Å². The summed E-state index contributed by atoms with van der Waals surface area (Å²) in [6, 6.07) is 9.93. The van der Waals surface area contributed by atoms with Gasteiger partial charge in [0, 0.05) is 32.2 Å². The summed E-state index contributed by atoms with van der Waals surface area (Å²) in [5, 5.41) is 4.01. The molecule has 0 saturated carbocycles. The van der Waals surface area contributed by atoms with Crippen LogP contribution < -0.4 is 10.2 Å². The standard InChI is InChI=1S/C20H22ClN5/c1-14-12-15(2)19(17(21)13-14)24-18-6-10-23-20(25-18)26(3)11-7-16-4-8-22-9-5-16/h4-6,8-10,12-13H,7,11H2,1-3H3,(H,23,24,25). The molecule has 3 aromatic rings. The Morgan fingerprint density at radius 2 is 1.85 bits per heavy atom. The molecule has 1 aromatic carbocycles. The summed E-state index contributed by atoms with van der Waals surface area (Å²) in [6.07, 6.45) is 6.28. The van der Waals surface area contributed by atoms with E-state index in [0.29, 0.717) is 11.0 Å². The van der Waals surface area contributed by atoms with E-state index in [0.717, 1.165) is 35.6 Å². The quantitative estimate of drug-likeness (QED) is 0.691. The number of hydrogen-bond donors (Lipinski definition) is 1. The second-order valence-electron chi connectivity index (χ2n) is 6.33. The Bertz CT molecular complexity index is 859. The lowest BCUT2D eigenvalue weighted by Gasteiger charge is -2.18. The van der Waals surface area contributed by atoms with Gasteiger partial charge in [0.1, 0.15) is 5.82 Å². The van der Waals surface area contributed by atoms with Crippen LogP contribution in [-0.2, 0) is 6.42 Å². The SMILES string of the molecule is Cc1cc(C)c(Nc2ccnc(N(C)CCc3ccncc3)n2)c(Cl)c1. The third-order valence-corrected chi connectivity index (χ3v) is 4.45. The summed E-state index contributed by atoms with van der Waals surface area (Å²) in [6.45, 7) is 4.88. The van der Waals surface area contributed by atoms with Gasteiger partial charge < -0.3 is 10.2 Å². The lowest BCUT2D eigenvalue weighted by molar-refractivity contribution is 0.837. The molecule has 134 valence electrons. The Morgan fingerprint density at radius 3 is 2.58 bits per heavy atom. The molecule has 0 aliphatic carbocycles. The van der Waals surface area contributed by atoms with Crippen molar-refractivity contribution in [3.8, 4) is 0 Å². The molecule has 0 aliphatic rings. The number of halogens is 1. The van der Waals surface area contributed by atoms with Gasteiger partial charge in [-0.2, -0.15) is 4.98 Å². The van der Waals surface area contributed by atoms with Crippen LogP contribution in [0, 0.1) is 13.8 Å². The fourth-order valence-corrected chi connectivity index (χ4v) is 3.12. The van der Waals surface area contributed by atoms with Crippen LogP contribution >= 0.6 is 11.6 Å². The number of anilines is 3. The molecule has 0 aliphatic heterocycles. The van der Waals surface area contributed by atoms with Crippen LogP contribution in [0.25, 0.3) is 0 Å². The fraction of sp³-hybridized carbons (Fsp3) is 0.250. The monoisotopic (exact) mass is 367 g/mol. The van der Waals surface area contributed by atoms with Gasteiger partial charge in [-0.15, -0.1) is 0 Å². The summed E-state index contributed by atoms with van der Waals surface area (Å²) < 4.78 is 0. The van der Waals surface area contributed by atoms with E-state index in [4.69, 9.17) is 11.6 Å². The van der Waals surface area contributed by atoms with Crippen molar-refractivity contribution in [1.82, 2.24) is 15.0 Å². The molecule has 0 unspecified atom stereocenters. The number of aryl methyl sites for hydroxylation is 2. The van der Waals surface area contributed by atoms with E-state index in [-0.39, 0.29) is 0 Å². The van der Waals surface area contributed by atoms with Crippen LogP contribution in [0.4, 0.5) is 17.5 Å². The van der Waals surface area contributed by atoms with E-state index in [1.165, 1.54) is 5.56 Å². The third kappa shape index (κ3) is 4.49. The van der Waals surface area contributed by atoms with Gasteiger partial charge in [-0.25, -0.2) is 4.98 Å². The molecule has 6 heteroatoms. The fourth-order valence-electron chi connectivity index (χ4n) is 2.75. The second-order valence-corrected chi connectivity index (χ2v) is 6.74. The molecule has 0 radical (unpaired) electrons.